The van der Waals surface area contributed by atoms with Crippen LogP contribution in [0.25, 0.3) is 0 Å². The number of carboxylic acids is 1. The number of aliphatic hydroxyl groups excluding tert-OH is 1. The number of carbonyl (C=O) groups is 1. The molecule has 2 atom stereocenters. The summed E-state index contributed by atoms with van der Waals surface area (Å²) >= 11 is 0. The lowest BCUT2D eigenvalue weighted by Crippen LogP contribution is -2.34. The maximum atomic E-state index is 10.4. The zero-order valence-corrected chi connectivity index (χ0v) is 10.4. The van der Waals surface area contributed by atoms with Gasteiger partial charge in [-0.15, -0.1) is 0 Å². The lowest BCUT2D eigenvalue weighted by atomic mass is 10.2. The zero-order chi connectivity index (χ0) is 12.6. The highest BCUT2D eigenvalue weighted by Crippen LogP contribution is 2.23. The average Bonchev–Trinajstić information content (AvgIpc) is 2.21. The predicted molar refractivity (Wildman–Crippen MR) is 66.0 cm³/mol. The van der Waals surface area contributed by atoms with Crippen LogP contribution in [-0.2, 0) is 4.79 Å². The first kappa shape index (κ1) is 16.0. The van der Waals surface area contributed by atoms with E-state index in [1.807, 2.05) is 0 Å². The predicted octanol–water partition coefficient (Wildman–Crippen LogP) is -0.802. The number of hydrogen-bond acceptors (Lipinski definition) is 7. The van der Waals surface area contributed by atoms with Crippen LogP contribution in [0.3, 0.4) is 0 Å². The van der Waals surface area contributed by atoms with E-state index in [9.17, 15) is 4.79 Å². The summed E-state index contributed by atoms with van der Waals surface area (Å²) in [7, 11) is 3.03. The molecule has 0 fully saturated rings. The Kier molecular flexibility index (Phi) is 9.09. The van der Waals surface area contributed by atoms with E-state index < -0.39 is 24.3 Å². The molecule has 0 aromatic heterocycles. The molecule has 16 heavy (non-hydrogen) atoms. The van der Waals surface area contributed by atoms with Gasteiger partial charge in [-0.3, -0.25) is 4.79 Å². The van der Waals surface area contributed by atoms with Crippen LogP contribution in [0.2, 0.25) is 0 Å². The van der Waals surface area contributed by atoms with Gasteiger partial charge in [-0.2, -0.15) is 0 Å². The van der Waals surface area contributed by atoms with Gasteiger partial charge in [0.25, 0.3) is 0 Å². The molecule has 0 aromatic carbocycles. The van der Waals surface area contributed by atoms with E-state index in [-0.39, 0.29) is 0 Å². The molecule has 0 aromatic rings. The third-order valence-electron chi connectivity index (χ3n) is 1.83. The molecular weight excluding hydrogens is 252 g/mol. The second kappa shape index (κ2) is 9.08. The molecule has 0 bridgehead atoms. The minimum atomic E-state index is -1.48. The van der Waals surface area contributed by atoms with E-state index in [2.05, 4.69) is 0 Å². The summed E-state index contributed by atoms with van der Waals surface area (Å²) in [4.78, 5) is 10.4. The molecule has 0 heterocycles. The fraction of sp³-hybridized carbons (Fsp3) is 0.875. The summed E-state index contributed by atoms with van der Waals surface area (Å²) in [6, 6.07) is -1.44. The maximum absolute atomic E-state index is 10.4. The van der Waals surface area contributed by atoms with Crippen molar-refractivity contribution in [3.63, 3.8) is 0 Å². The molecule has 0 rings (SSSR count). The van der Waals surface area contributed by atoms with Gasteiger partial charge in [0.1, 0.15) is 6.04 Å². The Morgan fingerprint density at radius 2 is 1.62 bits per heavy atom. The van der Waals surface area contributed by atoms with Crippen LogP contribution in [-0.4, -0.2) is 51.2 Å². The van der Waals surface area contributed by atoms with Crippen molar-refractivity contribution in [2.75, 3.05) is 11.5 Å². The van der Waals surface area contributed by atoms with E-state index in [1.165, 1.54) is 21.6 Å². The first-order valence-corrected chi connectivity index (χ1v) is 7.28. The summed E-state index contributed by atoms with van der Waals surface area (Å²) in [5.74, 6) is 0.344. The third kappa shape index (κ3) is 8.20. The molecule has 8 heteroatoms. The van der Waals surface area contributed by atoms with Crippen molar-refractivity contribution in [3.8, 4) is 0 Å². The third-order valence-corrected chi connectivity index (χ3v) is 4.30. The number of hydrogen-bond donors (Lipinski definition) is 5. The molecule has 0 aliphatic heterocycles. The summed E-state index contributed by atoms with van der Waals surface area (Å²) in [5.41, 5.74) is 10.7. The van der Waals surface area contributed by atoms with E-state index in [4.69, 9.17) is 26.8 Å². The number of aliphatic hydroxyl groups is 2. The van der Waals surface area contributed by atoms with Crippen molar-refractivity contribution in [1.29, 1.82) is 0 Å². The van der Waals surface area contributed by atoms with Crippen LogP contribution in [0.4, 0.5) is 0 Å². The van der Waals surface area contributed by atoms with Gasteiger partial charge in [-0.1, -0.05) is 21.6 Å². The average molecular weight is 270 g/mol. The highest BCUT2D eigenvalue weighted by molar-refractivity contribution is 8.76. The van der Waals surface area contributed by atoms with Gasteiger partial charge in [0.2, 0.25) is 0 Å². The van der Waals surface area contributed by atoms with Gasteiger partial charge in [0.15, 0.2) is 6.29 Å². The maximum Gasteiger partial charge on any atom is 0.320 e. The molecule has 0 spiro atoms. The van der Waals surface area contributed by atoms with Gasteiger partial charge >= 0.3 is 5.97 Å². The Balaban J connectivity index is 3.31. The van der Waals surface area contributed by atoms with Crippen LogP contribution in [0.15, 0.2) is 0 Å². The monoisotopic (exact) mass is 270 g/mol. The number of rotatable bonds is 9. The Hall–Kier alpha value is 0.01000. The van der Waals surface area contributed by atoms with E-state index in [1.54, 1.807) is 0 Å². The Bertz CT molecular complexity index is 206. The van der Waals surface area contributed by atoms with Gasteiger partial charge < -0.3 is 26.8 Å². The molecule has 2 unspecified atom stereocenters. The van der Waals surface area contributed by atoms with Crippen LogP contribution in [0, 0.1) is 0 Å². The second-order valence-electron chi connectivity index (χ2n) is 3.24. The molecule has 0 saturated carbocycles. The normalized spacial score (nSPS) is 15.1. The molecule has 0 aliphatic carbocycles. The van der Waals surface area contributed by atoms with E-state index >= 15 is 0 Å². The lowest BCUT2D eigenvalue weighted by Gasteiger charge is -2.12. The lowest BCUT2D eigenvalue weighted by molar-refractivity contribution is -0.138. The fourth-order valence-electron chi connectivity index (χ4n) is 0.750. The summed E-state index contributed by atoms with van der Waals surface area (Å²) in [6.45, 7) is 0. The molecule has 0 saturated heterocycles. The first-order valence-electron chi connectivity index (χ1n) is 4.79. The zero-order valence-electron chi connectivity index (χ0n) is 8.78. The summed E-state index contributed by atoms with van der Waals surface area (Å²) < 4.78 is 0. The molecule has 96 valence electrons. The Morgan fingerprint density at radius 3 is 2.06 bits per heavy atom. The van der Waals surface area contributed by atoms with Crippen LogP contribution >= 0.6 is 21.6 Å². The minimum Gasteiger partial charge on any atom is -0.480 e. The highest BCUT2D eigenvalue weighted by atomic mass is 33.1. The standard InChI is InChI=1S/C8H18N2O4S2/c9-5(7(11)12)1-3-15-16-4-2-6(10)8(13)14/h5-7,11-12H,1-4,9-10H2,(H,13,14). The Morgan fingerprint density at radius 1 is 1.12 bits per heavy atom. The highest BCUT2D eigenvalue weighted by Gasteiger charge is 2.12. The van der Waals surface area contributed by atoms with Gasteiger partial charge in [0, 0.05) is 11.5 Å². The molecule has 0 amide bonds. The van der Waals surface area contributed by atoms with Crippen molar-refractivity contribution < 1.29 is 20.1 Å². The molecule has 0 radical (unpaired) electrons. The van der Waals surface area contributed by atoms with Crippen molar-refractivity contribution >= 4 is 27.6 Å². The number of nitrogens with two attached hydrogens (primary N) is 2. The quantitative estimate of drug-likeness (QED) is 0.209. The van der Waals surface area contributed by atoms with Crippen molar-refractivity contribution in [2.24, 2.45) is 11.5 Å². The Labute approximate surface area is 102 Å². The number of carboxylic acid groups (broad SMARTS) is 1. The first-order chi connectivity index (χ1) is 7.45. The summed E-state index contributed by atoms with van der Waals surface area (Å²) in [5, 5.41) is 25.9. The van der Waals surface area contributed by atoms with Crippen LogP contribution < -0.4 is 11.5 Å². The second-order valence-corrected chi connectivity index (χ2v) is 5.95. The smallest absolute Gasteiger partial charge is 0.320 e. The van der Waals surface area contributed by atoms with Gasteiger partial charge in [0.05, 0.1) is 6.04 Å². The van der Waals surface area contributed by atoms with Gasteiger partial charge in [-0.25, -0.2) is 0 Å². The molecule has 6 nitrogen and oxygen atoms in total. The fourth-order valence-corrected chi connectivity index (χ4v) is 2.99. The number of aliphatic carboxylic acids is 1. The largest absolute Gasteiger partial charge is 0.480 e. The topological polar surface area (TPSA) is 130 Å². The van der Waals surface area contributed by atoms with Crippen molar-refractivity contribution in [1.82, 2.24) is 0 Å². The van der Waals surface area contributed by atoms with E-state index in [0.29, 0.717) is 24.3 Å². The summed E-state index contributed by atoms with van der Waals surface area (Å²) in [6.07, 6.45) is -0.562. The molecule has 0 aliphatic rings. The molecular formula is C8H18N2O4S2. The van der Waals surface area contributed by atoms with Crippen molar-refractivity contribution in [2.45, 2.75) is 31.2 Å². The minimum absolute atomic E-state index is 0.418. The van der Waals surface area contributed by atoms with Crippen LogP contribution in [0.5, 0.6) is 0 Å². The van der Waals surface area contributed by atoms with Crippen LogP contribution in [0.1, 0.15) is 12.8 Å². The van der Waals surface area contributed by atoms with E-state index in [0.717, 1.165) is 0 Å². The molecule has 7 N–H and O–H groups in total. The SMILES string of the molecule is NC(CCSSCCC(N)C(O)O)C(=O)O. The van der Waals surface area contributed by atoms with Gasteiger partial charge in [-0.05, 0) is 12.8 Å². The van der Waals surface area contributed by atoms with Crippen molar-refractivity contribution in [3.05, 3.63) is 0 Å².